The summed E-state index contributed by atoms with van der Waals surface area (Å²) in [5.74, 6) is 0.428. The summed E-state index contributed by atoms with van der Waals surface area (Å²) in [5, 5.41) is 10.7. The number of thiocarbonyl (C=S) groups is 1. The quantitative estimate of drug-likeness (QED) is 0.835. The maximum absolute atomic E-state index is 10.7. The number of nitrogens with two attached hydrogens (primary N) is 1. The molecule has 0 aromatic carbocycles. The second kappa shape index (κ2) is 5.99. The van der Waals surface area contributed by atoms with E-state index in [1.807, 2.05) is 12.1 Å². The molecule has 2 heterocycles. The van der Waals surface area contributed by atoms with Crippen molar-refractivity contribution >= 4 is 17.2 Å². The summed E-state index contributed by atoms with van der Waals surface area (Å²) in [6.45, 7) is 2.82. The molecule has 0 bridgehead atoms. The molecule has 1 aromatic rings. The molecule has 4 nitrogen and oxygen atoms in total. The molecule has 1 saturated heterocycles. The third kappa shape index (κ3) is 3.25. The van der Waals surface area contributed by atoms with Gasteiger partial charge >= 0.3 is 0 Å². The van der Waals surface area contributed by atoms with E-state index in [9.17, 15) is 5.11 Å². The van der Waals surface area contributed by atoms with E-state index in [1.165, 1.54) is 18.4 Å². The summed E-state index contributed by atoms with van der Waals surface area (Å²) < 4.78 is 0. The van der Waals surface area contributed by atoms with Gasteiger partial charge in [-0.05, 0) is 37.0 Å². The van der Waals surface area contributed by atoms with Crippen molar-refractivity contribution in [2.45, 2.75) is 44.2 Å². The number of fused-ring (bicyclic) bond motifs is 1. The van der Waals surface area contributed by atoms with Gasteiger partial charge in [-0.25, -0.2) is 0 Å². The van der Waals surface area contributed by atoms with Crippen molar-refractivity contribution < 1.29 is 5.11 Å². The van der Waals surface area contributed by atoms with Gasteiger partial charge in [0, 0.05) is 31.7 Å². The molecule has 21 heavy (non-hydrogen) atoms. The van der Waals surface area contributed by atoms with Crippen LogP contribution in [0, 0.1) is 5.92 Å². The molecule has 2 atom stereocenters. The van der Waals surface area contributed by atoms with Crippen LogP contribution in [0.25, 0.3) is 0 Å². The highest BCUT2D eigenvalue weighted by molar-refractivity contribution is 7.80. The molecule has 0 spiro atoms. The predicted octanol–water partition coefficient (Wildman–Crippen LogP) is 1.84. The Labute approximate surface area is 131 Å². The summed E-state index contributed by atoms with van der Waals surface area (Å²) in [6.07, 6.45) is 7.22. The number of likely N-dealkylation sites (tertiary alicyclic amines) is 1. The van der Waals surface area contributed by atoms with Crippen molar-refractivity contribution in [3.8, 4) is 0 Å². The van der Waals surface area contributed by atoms with Crippen LogP contribution >= 0.6 is 12.2 Å². The average molecular weight is 305 g/mol. The van der Waals surface area contributed by atoms with Crippen molar-refractivity contribution in [3.63, 3.8) is 0 Å². The van der Waals surface area contributed by atoms with Gasteiger partial charge in [-0.15, -0.1) is 0 Å². The number of hydrogen-bond donors (Lipinski definition) is 2. The Kier molecular flexibility index (Phi) is 4.24. The van der Waals surface area contributed by atoms with Gasteiger partial charge in [0.2, 0.25) is 0 Å². The summed E-state index contributed by atoms with van der Waals surface area (Å²) in [5.41, 5.74) is 7.11. The first-order valence-corrected chi connectivity index (χ1v) is 8.17. The number of pyridine rings is 1. The Morgan fingerprint density at radius 1 is 1.48 bits per heavy atom. The monoisotopic (exact) mass is 305 g/mol. The molecule has 3 N–H and O–H groups in total. The molecule has 1 aromatic heterocycles. The van der Waals surface area contributed by atoms with E-state index < -0.39 is 5.60 Å². The van der Waals surface area contributed by atoms with Crippen molar-refractivity contribution in [2.75, 3.05) is 13.1 Å². The number of hydrogen-bond acceptors (Lipinski definition) is 4. The Hall–Kier alpha value is -1.04. The van der Waals surface area contributed by atoms with E-state index in [0.717, 1.165) is 38.9 Å². The van der Waals surface area contributed by atoms with Gasteiger partial charge in [-0.1, -0.05) is 25.1 Å². The molecule has 1 saturated carbocycles. The zero-order valence-corrected chi connectivity index (χ0v) is 13.1. The van der Waals surface area contributed by atoms with Gasteiger partial charge in [0.05, 0.1) is 11.3 Å². The lowest BCUT2D eigenvalue weighted by atomic mass is 9.71. The zero-order valence-electron chi connectivity index (χ0n) is 12.3. The molecule has 2 aliphatic rings. The third-order valence-corrected chi connectivity index (χ3v) is 5.20. The summed E-state index contributed by atoms with van der Waals surface area (Å²) in [4.78, 5) is 6.96. The van der Waals surface area contributed by atoms with Crippen molar-refractivity contribution in [1.29, 1.82) is 0 Å². The van der Waals surface area contributed by atoms with Crippen molar-refractivity contribution in [1.82, 2.24) is 9.88 Å². The molecule has 1 aliphatic heterocycles. The first-order valence-electron chi connectivity index (χ1n) is 7.76. The molecule has 114 valence electrons. The molecule has 1 aliphatic carbocycles. The molecular formula is C16H23N3OS. The van der Waals surface area contributed by atoms with E-state index in [1.54, 1.807) is 6.20 Å². The number of aliphatic hydroxyl groups is 1. The highest BCUT2D eigenvalue weighted by atomic mass is 32.1. The summed E-state index contributed by atoms with van der Waals surface area (Å²) >= 11 is 4.99. The van der Waals surface area contributed by atoms with Crippen LogP contribution in [0.1, 0.15) is 43.4 Å². The average Bonchev–Trinajstić information content (AvgIpc) is 2.48. The highest BCUT2D eigenvalue weighted by Crippen LogP contribution is 2.39. The van der Waals surface area contributed by atoms with Gasteiger partial charge in [0.25, 0.3) is 0 Å². The van der Waals surface area contributed by atoms with E-state index >= 15 is 0 Å². The number of rotatable bonds is 3. The third-order valence-electron chi connectivity index (χ3n) is 4.99. The van der Waals surface area contributed by atoms with Crippen LogP contribution in [-0.4, -0.2) is 38.7 Å². The van der Waals surface area contributed by atoms with E-state index in [2.05, 4.69) is 9.88 Å². The van der Waals surface area contributed by atoms with Gasteiger partial charge in [-0.3, -0.25) is 9.88 Å². The van der Waals surface area contributed by atoms with Gasteiger partial charge in [-0.2, -0.15) is 0 Å². The fourth-order valence-electron chi connectivity index (χ4n) is 3.75. The van der Waals surface area contributed by atoms with Crippen LogP contribution in [0.2, 0.25) is 0 Å². The lowest BCUT2D eigenvalue weighted by Gasteiger charge is -2.47. The van der Waals surface area contributed by atoms with Crippen LogP contribution in [0.5, 0.6) is 0 Å². The number of aromatic nitrogens is 1. The summed E-state index contributed by atoms with van der Waals surface area (Å²) in [7, 11) is 0. The largest absolute Gasteiger partial charge is 0.390 e. The number of piperidine rings is 1. The van der Waals surface area contributed by atoms with Crippen LogP contribution in [0.15, 0.2) is 18.3 Å². The molecule has 0 radical (unpaired) electrons. The SMILES string of the molecule is NC(=S)c1cc(CN2CCC3(O)CCCCC3C2)ccn1. The molecule has 3 rings (SSSR count). The van der Waals surface area contributed by atoms with Crippen LogP contribution in [-0.2, 0) is 6.54 Å². The Morgan fingerprint density at radius 2 is 2.33 bits per heavy atom. The molecular weight excluding hydrogens is 282 g/mol. The number of nitrogens with zero attached hydrogens (tertiary/aromatic N) is 2. The Bertz CT molecular complexity index is 536. The standard InChI is InChI=1S/C16H23N3OS/c17-15(21)14-9-12(4-7-18-14)10-19-8-6-16(20)5-2-1-3-13(16)11-19/h4,7,9,13,20H,1-3,5-6,8,10-11H2,(H2,17,21). The first kappa shape index (κ1) is 14.9. The Morgan fingerprint density at radius 3 is 3.14 bits per heavy atom. The lowest BCUT2D eigenvalue weighted by Crippen LogP contribution is -2.52. The topological polar surface area (TPSA) is 62.4 Å². The van der Waals surface area contributed by atoms with Crippen LogP contribution in [0.3, 0.4) is 0 Å². The minimum atomic E-state index is -0.406. The lowest BCUT2D eigenvalue weighted by molar-refractivity contribution is -0.0967. The minimum Gasteiger partial charge on any atom is -0.390 e. The van der Waals surface area contributed by atoms with Gasteiger partial charge < -0.3 is 10.8 Å². The molecule has 2 fully saturated rings. The van der Waals surface area contributed by atoms with Gasteiger partial charge in [0.1, 0.15) is 4.99 Å². The second-order valence-electron chi connectivity index (χ2n) is 6.44. The Balaban J connectivity index is 1.66. The molecule has 0 amide bonds. The summed E-state index contributed by atoms with van der Waals surface area (Å²) in [6, 6.07) is 3.99. The minimum absolute atomic E-state index is 0.345. The maximum Gasteiger partial charge on any atom is 0.122 e. The zero-order chi connectivity index (χ0) is 14.9. The van der Waals surface area contributed by atoms with E-state index in [-0.39, 0.29) is 0 Å². The normalized spacial score (nSPS) is 29.9. The predicted molar refractivity (Wildman–Crippen MR) is 86.9 cm³/mol. The first-order chi connectivity index (χ1) is 10.1. The van der Waals surface area contributed by atoms with Crippen molar-refractivity contribution in [2.24, 2.45) is 11.7 Å². The molecule has 5 heteroatoms. The van der Waals surface area contributed by atoms with Crippen LogP contribution in [0.4, 0.5) is 0 Å². The van der Waals surface area contributed by atoms with E-state index in [4.69, 9.17) is 18.0 Å². The van der Waals surface area contributed by atoms with Gasteiger partial charge in [0.15, 0.2) is 0 Å². The smallest absolute Gasteiger partial charge is 0.122 e. The fourth-order valence-corrected chi connectivity index (χ4v) is 3.86. The highest BCUT2D eigenvalue weighted by Gasteiger charge is 2.42. The fraction of sp³-hybridized carbons (Fsp3) is 0.625. The molecule has 2 unspecified atom stereocenters. The van der Waals surface area contributed by atoms with Crippen LogP contribution < -0.4 is 5.73 Å². The van der Waals surface area contributed by atoms with Crippen molar-refractivity contribution in [3.05, 3.63) is 29.6 Å². The second-order valence-corrected chi connectivity index (χ2v) is 6.88. The van der Waals surface area contributed by atoms with E-state index in [0.29, 0.717) is 16.6 Å². The maximum atomic E-state index is 10.7.